The monoisotopic (exact) mass is 443 g/mol. The van der Waals surface area contributed by atoms with Crippen molar-refractivity contribution >= 4 is 0 Å². The van der Waals surface area contributed by atoms with Crippen LogP contribution in [0.25, 0.3) is 0 Å². The number of alkyl halides is 2. The van der Waals surface area contributed by atoms with Crippen molar-refractivity contribution in [3.05, 3.63) is 77.6 Å². The fraction of sp³-hybridized carbons (Fsp3) is 0.364. The van der Waals surface area contributed by atoms with Crippen molar-refractivity contribution in [2.24, 2.45) is 5.41 Å². The highest BCUT2D eigenvalue weighted by atomic mass is 19.3. The Morgan fingerprint density at radius 3 is 2.47 bits per heavy atom. The topological polar surface area (TPSA) is 87.6 Å². The molecule has 0 spiro atoms. The fourth-order valence-electron chi connectivity index (χ4n) is 5.37. The van der Waals surface area contributed by atoms with E-state index in [4.69, 9.17) is 5.26 Å². The number of hydrogen-bond acceptors (Lipinski definition) is 5. The summed E-state index contributed by atoms with van der Waals surface area (Å²) >= 11 is 0. The average molecular weight is 443 g/mol. The van der Waals surface area contributed by atoms with Gasteiger partial charge in [-0.15, -0.1) is 0 Å². The van der Waals surface area contributed by atoms with E-state index in [9.17, 15) is 13.9 Å². The lowest BCUT2D eigenvalue weighted by Gasteiger charge is -2.74. The molecule has 1 atom stereocenters. The molecule has 2 aromatic heterocycles. The van der Waals surface area contributed by atoms with Crippen LogP contribution in [-0.4, -0.2) is 30.8 Å². The van der Waals surface area contributed by atoms with Gasteiger partial charge < -0.3 is 5.11 Å². The van der Waals surface area contributed by atoms with Gasteiger partial charge in [-0.05, 0) is 48.4 Å². The minimum atomic E-state index is -3.76. The molecule has 3 aliphatic carbocycles. The maximum atomic E-state index is 16.1. The minimum Gasteiger partial charge on any atom is -0.377 e. The zero-order valence-electron chi connectivity index (χ0n) is 16.6. The zero-order chi connectivity index (χ0) is 22.8. The highest BCUT2D eigenvalue weighted by Crippen LogP contribution is 2.80. The summed E-state index contributed by atoms with van der Waals surface area (Å²) in [5, 5.41) is 24.0. The molecule has 3 aliphatic rings. The third kappa shape index (κ3) is 2.64. The number of pyridine rings is 1. The van der Waals surface area contributed by atoms with Gasteiger partial charge in [-0.25, -0.2) is 32.2 Å². The largest absolute Gasteiger partial charge is 0.377 e. The average Bonchev–Trinajstić information content (AvgIpc) is 3.18. The molecule has 0 aliphatic heterocycles. The van der Waals surface area contributed by atoms with E-state index in [0.717, 1.165) is 35.0 Å². The van der Waals surface area contributed by atoms with Crippen LogP contribution < -0.4 is 0 Å². The third-order valence-electron chi connectivity index (χ3n) is 6.94. The Kier molecular flexibility index (Phi) is 4.24. The maximum absolute atomic E-state index is 16.1. The van der Waals surface area contributed by atoms with Gasteiger partial charge in [0.15, 0.2) is 5.60 Å². The Labute approximate surface area is 180 Å². The molecule has 1 N–H and O–H groups in total. The number of halogens is 4. The molecule has 0 amide bonds. The highest BCUT2D eigenvalue weighted by Gasteiger charge is 2.82. The summed E-state index contributed by atoms with van der Waals surface area (Å²) in [6.45, 7) is -0.754. The summed E-state index contributed by atoms with van der Waals surface area (Å²) < 4.78 is 61.2. The van der Waals surface area contributed by atoms with Gasteiger partial charge >= 0.3 is 0 Å². The van der Waals surface area contributed by atoms with Gasteiger partial charge in [-0.3, -0.25) is 0 Å². The van der Waals surface area contributed by atoms with Gasteiger partial charge in [0.1, 0.15) is 36.1 Å². The van der Waals surface area contributed by atoms with Crippen LogP contribution >= 0.6 is 0 Å². The van der Waals surface area contributed by atoms with Crippen LogP contribution in [0.1, 0.15) is 36.1 Å². The van der Waals surface area contributed by atoms with E-state index >= 15 is 8.78 Å². The molecular formula is C22H17F4N5O. The van der Waals surface area contributed by atoms with Crippen molar-refractivity contribution in [2.75, 3.05) is 0 Å². The molecular weight excluding hydrogens is 426 g/mol. The number of aromatic nitrogens is 4. The van der Waals surface area contributed by atoms with Crippen LogP contribution in [0, 0.1) is 28.4 Å². The summed E-state index contributed by atoms with van der Waals surface area (Å²) in [4.78, 5) is 7.72. The molecule has 10 heteroatoms. The van der Waals surface area contributed by atoms with E-state index in [-0.39, 0.29) is 25.0 Å². The van der Waals surface area contributed by atoms with Crippen molar-refractivity contribution < 1.29 is 22.7 Å². The summed E-state index contributed by atoms with van der Waals surface area (Å²) in [6.07, 6.45) is 4.00. The van der Waals surface area contributed by atoms with E-state index in [1.54, 1.807) is 6.07 Å². The van der Waals surface area contributed by atoms with Gasteiger partial charge in [-0.1, -0.05) is 6.07 Å². The van der Waals surface area contributed by atoms with Gasteiger partial charge in [-0.2, -0.15) is 10.4 Å². The molecule has 0 radical (unpaired) electrons. The molecule has 6 rings (SSSR count). The van der Waals surface area contributed by atoms with Gasteiger partial charge in [0.25, 0.3) is 5.92 Å². The van der Waals surface area contributed by atoms with Crippen molar-refractivity contribution in [2.45, 2.75) is 42.7 Å². The molecule has 3 aromatic rings. The lowest BCUT2D eigenvalue weighted by molar-refractivity contribution is -0.347. The molecule has 2 heterocycles. The normalized spacial score (nSPS) is 25.9. The van der Waals surface area contributed by atoms with Crippen LogP contribution in [0.15, 0.2) is 49.2 Å². The second-order valence-corrected chi connectivity index (χ2v) is 8.79. The van der Waals surface area contributed by atoms with E-state index in [1.165, 1.54) is 12.3 Å². The first-order valence-corrected chi connectivity index (χ1v) is 9.90. The molecule has 3 saturated carbocycles. The molecule has 1 aromatic carbocycles. The van der Waals surface area contributed by atoms with Gasteiger partial charge in [0.05, 0.1) is 6.54 Å². The van der Waals surface area contributed by atoms with Gasteiger partial charge in [0, 0.05) is 23.2 Å². The summed E-state index contributed by atoms with van der Waals surface area (Å²) in [5.74, 6) is -5.95. The molecule has 2 bridgehead atoms. The molecule has 0 unspecified atom stereocenters. The van der Waals surface area contributed by atoms with E-state index < -0.39 is 46.1 Å². The Bertz CT molecular complexity index is 1200. The fourth-order valence-corrected chi connectivity index (χ4v) is 5.37. The third-order valence-corrected chi connectivity index (χ3v) is 6.94. The minimum absolute atomic E-state index is 0.0725. The first kappa shape index (κ1) is 20.6. The SMILES string of the molecule is N#Cc1ccc(C23CC(C(F)(F)[C@](O)(Cn4cncn4)c4ccc(F)cc4F)(C2)C3)cn1. The van der Waals surface area contributed by atoms with Crippen LogP contribution in [0.3, 0.4) is 0 Å². The van der Waals surface area contributed by atoms with Crippen molar-refractivity contribution in [3.63, 3.8) is 0 Å². The van der Waals surface area contributed by atoms with Crippen LogP contribution in [-0.2, 0) is 17.6 Å². The van der Waals surface area contributed by atoms with Crippen LogP contribution in [0.4, 0.5) is 17.6 Å². The van der Waals surface area contributed by atoms with E-state index in [2.05, 4.69) is 15.1 Å². The first-order chi connectivity index (χ1) is 15.1. The number of aliphatic hydroxyl groups is 1. The lowest BCUT2D eigenvalue weighted by Crippen LogP contribution is -2.76. The Morgan fingerprint density at radius 1 is 1.16 bits per heavy atom. The maximum Gasteiger partial charge on any atom is 0.287 e. The highest BCUT2D eigenvalue weighted by molar-refractivity contribution is 5.43. The predicted molar refractivity (Wildman–Crippen MR) is 102 cm³/mol. The number of benzene rings is 1. The quantitative estimate of drug-likeness (QED) is 0.590. The van der Waals surface area contributed by atoms with Crippen LogP contribution in [0.5, 0.6) is 0 Å². The second-order valence-electron chi connectivity index (χ2n) is 8.79. The predicted octanol–water partition coefficient (Wildman–Crippen LogP) is 3.47. The van der Waals surface area contributed by atoms with Gasteiger partial charge in [0.2, 0.25) is 0 Å². The van der Waals surface area contributed by atoms with E-state index in [1.807, 2.05) is 6.07 Å². The molecule has 164 valence electrons. The van der Waals surface area contributed by atoms with Crippen molar-refractivity contribution in [1.29, 1.82) is 5.26 Å². The molecule has 0 saturated heterocycles. The standard InChI is InChI=1S/C22H17F4N5O/c23-15-2-4-17(18(24)5-15)21(32,11-31-13-28-12-30-31)22(25,26)20-8-19(9-20,10-20)14-1-3-16(6-27)29-7-14/h1-5,7,12-13,32H,8-11H2/t19?,20?,21-/m0/s1. The number of nitrogens with zero attached hydrogens (tertiary/aromatic N) is 5. The number of nitriles is 1. The summed E-state index contributed by atoms with van der Waals surface area (Å²) in [5.41, 5.74) is -4.76. The second kappa shape index (κ2) is 6.59. The Balaban J connectivity index is 1.50. The van der Waals surface area contributed by atoms with Crippen molar-refractivity contribution in [1.82, 2.24) is 19.7 Å². The van der Waals surface area contributed by atoms with E-state index in [0.29, 0.717) is 6.07 Å². The Hall–Kier alpha value is -3.32. The summed E-state index contributed by atoms with van der Waals surface area (Å²) in [7, 11) is 0. The lowest BCUT2D eigenvalue weighted by atomic mass is 9.30. The molecule has 3 fully saturated rings. The van der Waals surface area contributed by atoms with Crippen molar-refractivity contribution in [3.8, 4) is 6.07 Å². The Morgan fingerprint density at radius 2 is 1.91 bits per heavy atom. The molecule has 6 nitrogen and oxygen atoms in total. The zero-order valence-corrected chi connectivity index (χ0v) is 16.6. The number of hydrogen-bond donors (Lipinski definition) is 1. The summed E-state index contributed by atoms with van der Waals surface area (Å²) in [6, 6.07) is 7.32. The molecule has 32 heavy (non-hydrogen) atoms. The number of rotatable bonds is 6. The smallest absolute Gasteiger partial charge is 0.287 e. The van der Waals surface area contributed by atoms with Crippen LogP contribution in [0.2, 0.25) is 0 Å². The first-order valence-electron chi connectivity index (χ1n) is 9.90.